The van der Waals surface area contributed by atoms with Gasteiger partial charge in [0.2, 0.25) is 5.91 Å². The third kappa shape index (κ3) is 3.80. The zero-order valence-electron chi connectivity index (χ0n) is 16.8. The highest BCUT2D eigenvalue weighted by molar-refractivity contribution is 6.36. The Kier molecular flexibility index (Phi) is 6.03. The van der Waals surface area contributed by atoms with Gasteiger partial charge in [0.15, 0.2) is 0 Å². The third-order valence-corrected chi connectivity index (χ3v) is 6.27. The van der Waals surface area contributed by atoms with Crippen molar-refractivity contribution in [2.45, 2.75) is 39.2 Å². The Balaban J connectivity index is 1.96. The first kappa shape index (κ1) is 20.8. The van der Waals surface area contributed by atoms with Gasteiger partial charge in [-0.15, -0.1) is 0 Å². The Bertz CT molecular complexity index is 1220. The van der Waals surface area contributed by atoms with Gasteiger partial charge >= 0.3 is 0 Å². The minimum Gasteiger partial charge on any atom is -0.366 e. The molecule has 0 aliphatic heterocycles. The predicted molar refractivity (Wildman–Crippen MR) is 126 cm³/mol. The molecular formula is C25H23Cl2N2O. The summed E-state index contributed by atoms with van der Waals surface area (Å²) in [5.74, 6) is -0.448. The molecule has 0 atom stereocenters. The van der Waals surface area contributed by atoms with Crippen molar-refractivity contribution in [3.63, 3.8) is 0 Å². The molecule has 4 aromatic rings. The van der Waals surface area contributed by atoms with Gasteiger partial charge < -0.3 is 10.3 Å². The van der Waals surface area contributed by atoms with Crippen LogP contribution in [0.4, 0.5) is 0 Å². The molecule has 1 radical (unpaired) electrons. The molecule has 30 heavy (non-hydrogen) atoms. The molecular weight excluding hydrogens is 415 g/mol. The Hall–Kier alpha value is -2.49. The smallest absolute Gasteiger partial charge is 0.249 e. The van der Waals surface area contributed by atoms with Crippen molar-refractivity contribution in [3.05, 3.63) is 81.3 Å². The number of primary amides is 1. The van der Waals surface area contributed by atoms with Gasteiger partial charge in [-0.05, 0) is 54.8 Å². The van der Waals surface area contributed by atoms with Crippen LogP contribution in [-0.4, -0.2) is 10.5 Å². The maximum Gasteiger partial charge on any atom is 0.249 e. The first-order valence-electron chi connectivity index (χ1n) is 10.2. The number of amides is 1. The van der Waals surface area contributed by atoms with Crippen molar-refractivity contribution in [2.24, 2.45) is 5.73 Å². The zero-order chi connectivity index (χ0) is 21.3. The molecule has 0 saturated heterocycles. The molecule has 0 unspecified atom stereocenters. The number of hydrogen-bond acceptors (Lipinski definition) is 1. The highest BCUT2D eigenvalue weighted by atomic mass is 35.5. The minimum absolute atomic E-state index is 0.448. The lowest BCUT2D eigenvalue weighted by Gasteiger charge is -2.12. The summed E-state index contributed by atoms with van der Waals surface area (Å²) in [4.78, 5) is 12.1. The SMILES string of the molecule is CCCCCc1c[c]c2c3c(C(N)=O)cccc3n(Cc3c(Cl)cccc3Cl)c2c1. The summed E-state index contributed by atoms with van der Waals surface area (Å²) < 4.78 is 2.16. The van der Waals surface area contributed by atoms with Crippen molar-refractivity contribution in [1.29, 1.82) is 0 Å². The van der Waals surface area contributed by atoms with E-state index in [-0.39, 0.29) is 0 Å². The molecule has 0 spiro atoms. The van der Waals surface area contributed by atoms with Gasteiger partial charge in [-0.1, -0.05) is 61.2 Å². The molecule has 0 fully saturated rings. The monoisotopic (exact) mass is 437 g/mol. The molecule has 5 heteroatoms. The highest BCUT2D eigenvalue weighted by Crippen LogP contribution is 2.35. The molecule has 0 aliphatic carbocycles. The second-order valence-corrected chi connectivity index (χ2v) is 8.39. The molecule has 2 N–H and O–H groups in total. The van der Waals surface area contributed by atoms with Crippen LogP contribution < -0.4 is 5.73 Å². The largest absolute Gasteiger partial charge is 0.366 e. The number of aromatic nitrogens is 1. The van der Waals surface area contributed by atoms with Crippen LogP contribution in [0.5, 0.6) is 0 Å². The maximum atomic E-state index is 12.1. The van der Waals surface area contributed by atoms with Gasteiger partial charge in [0.05, 0.1) is 17.6 Å². The van der Waals surface area contributed by atoms with E-state index in [1.54, 1.807) is 6.07 Å². The fraction of sp³-hybridized carbons (Fsp3) is 0.240. The summed E-state index contributed by atoms with van der Waals surface area (Å²) in [5.41, 5.74) is 10.2. The van der Waals surface area contributed by atoms with E-state index in [1.807, 2.05) is 36.4 Å². The van der Waals surface area contributed by atoms with Gasteiger partial charge in [0, 0.05) is 31.9 Å². The third-order valence-electron chi connectivity index (χ3n) is 5.57. The topological polar surface area (TPSA) is 48.0 Å². The van der Waals surface area contributed by atoms with Crippen LogP contribution in [0.1, 0.15) is 47.7 Å². The van der Waals surface area contributed by atoms with E-state index in [0.29, 0.717) is 22.2 Å². The summed E-state index contributed by atoms with van der Waals surface area (Å²) >= 11 is 12.9. The van der Waals surface area contributed by atoms with Crippen molar-refractivity contribution in [1.82, 2.24) is 4.57 Å². The average Bonchev–Trinajstić information content (AvgIpc) is 3.04. The van der Waals surface area contributed by atoms with Crippen molar-refractivity contribution in [2.75, 3.05) is 0 Å². The van der Waals surface area contributed by atoms with E-state index in [9.17, 15) is 4.79 Å². The maximum absolute atomic E-state index is 12.1. The molecule has 0 aliphatic rings. The average molecular weight is 438 g/mol. The number of carbonyl (C=O) groups excluding carboxylic acids is 1. The lowest BCUT2D eigenvalue weighted by atomic mass is 10.0. The summed E-state index contributed by atoms with van der Waals surface area (Å²) in [6.45, 7) is 2.69. The molecule has 1 heterocycles. The molecule has 4 rings (SSSR count). The number of halogens is 2. The van der Waals surface area contributed by atoms with E-state index in [2.05, 4.69) is 23.6 Å². The summed E-state index contributed by atoms with van der Waals surface area (Å²) in [6.07, 6.45) is 4.51. The quantitative estimate of drug-likeness (QED) is 0.318. The minimum atomic E-state index is -0.448. The number of hydrogen-bond donors (Lipinski definition) is 1. The first-order chi connectivity index (χ1) is 14.5. The fourth-order valence-corrected chi connectivity index (χ4v) is 4.56. The van der Waals surface area contributed by atoms with E-state index in [1.165, 1.54) is 18.4 Å². The van der Waals surface area contributed by atoms with Crippen LogP contribution in [-0.2, 0) is 13.0 Å². The lowest BCUT2D eigenvalue weighted by Crippen LogP contribution is -2.11. The van der Waals surface area contributed by atoms with Crippen LogP contribution in [0.3, 0.4) is 0 Å². The van der Waals surface area contributed by atoms with Crippen molar-refractivity contribution in [3.8, 4) is 0 Å². The van der Waals surface area contributed by atoms with Gasteiger partial charge in [-0.25, -0.2) is 0 Å². The Morgan fingerprint density at radius 1 is 1.07 bits per heavy atom. The van der Waals surface area contributed by atoms with Crippen LogP contribution in [0.2, 0.25) is 10.0 Å². The van der Waals surface area contributed by atoms with Gasteiger partial charge in [-0.3, -0.25) is 4.79 Å². The Morgan fingerprint density at radius 2 is 1.80 bits per heavy atom. The molecule has 1 amide bonds. The fourth-order valence-electron chi connectivity index (χ4n) is 4.04. The Morgan fingerprint density at radius 3 is 2.50 bits per heavy atom. The normalized spacial score (nSPS) is 11.4. The predicted octanol–water partition coefficient (Wildman–Crippen LogP) is 6.78. The second kappa shape index (κ2) is 8.71. The Labute approximate surface area is 186 Å². The second-order valence-electron chi connectivity index (χ2n) is 7.58. The number of rotatable bonds is 7. The van der Waals surface area contributed by atoms with Gasteiger partial charge in [0.1, 0.15) is 0 Å². The standard InChI is InChI=1S/C25H23Cl2N2O/c1-2-3-4-7-16-12-13-17-23(14-16)29(15-19-20(26)9-6-10-21(19)27)22-11-5-8-18(24(17)22)25(28)30/h5-6,8-12,14H,2-4,7,15H2,1H3,(H2,28,30). The van der Waals surface area contributed by atoms with Crippen LogP contribution in [0.25, 0.3) is 21.8 Å². The van der Waals surface area contributed by atoms with Gasteiger partial charge in [-0.2, -0.15) is 0 Å². The number of benzene rings is 3. The highest BCUT2D eigenvalue weighted by Gasteiger charge is 2.18. The molecule has 1 aromatic heterocycles. The zero-order valence-corrected chi connectivity index (χ0v) is 18.4. The van der Waals surface area contributed by atoms with E-state index in [4.69, 9.17) is 28.9 Å². The number of fused-ring (bicyclic) bond motifs is 3. The molecule has 0 saturated carbocycles. The number of aryl methyl sites for hydroxylation is 1. The number of unbranched alkanes of at least 4 members (excludes halogenated alkanes) is 2. The summed E-state index contributed by atoms with van der Waals surface area (Å²) in [5, 5.41) is 2.95. The van der Waals surface area contributed by atoms with E-state index >= 15 is 0 Å². The van der Waals surface area contributed by atoms with Crippen LogP contribution in [0, 0.1) is 6.07 Å². The number of carbonyl (C=O) groups is 1. The van der Waals surface area contributed by atoms with E-state index in [0.717, 1.165) is 40.2 Å². The molecule has 153 valence electrons. The number of nitrogens with zero attached hydrogens (tertiary/aromatic N) is 1. The molecule has 3 nitrogen and oxygen atoms in total. The summed E-state index contributed by atoms with van der Waals surface area (Å²) in [6, 6.07) is 18.8. The molecule has 0 bridgehead atoms. The van der Waals surface area contributed by atoms with Gasteiger partial charge in [0.25, 0.3) is 0 Å². The van der Waals surface area contributed by atoms with E-state index < -0.39 is 5.91 Å². The van der Waals surface area contributed by atoms with Crippen molar-refractivity contribution >= 4 is 50.9 Å². The summed E-state index contributed by atoms with van der Waals surface area (Å²) in [7, 11) is 0. The van der Waals surface area contributed by atoms with Crippen LogP contribution >= 0.6 is 23.2 Å². The first-order valence-corrected chi connectivity index (χ1v) is 10.9. The molecule has 3 aromatic carbocycles. The van der Waals surface area contributed by atoms with Crippen molar-refractivity contribution < 1.29 is 4.79 Å². The number of nitrogens with two attached hydrogens (primary N) is 1. The van der Waals surface area contributed by atoms with Crippen LogP contribution in [0.15, 0.2) is 48.5 Å². The lowest BCUT2D eigenvalue weighted by molar-refractivity contribution is 0.100.